The Balaban J connectivity index is 5.30. The van der Waals surface area contributed by atoms with Crippen LogP contribution in [-0.2, 0) is 0 Å². The molecule has 0 spiro atoms. The maximum atomic E-state index is 12.1. The topological polar surface area (TPSA) is 0 Å². The van der Waals surface area contributed by atoms with Crippen LogP contribution in [0.3, 0.4) is 0 Å². The minimum Gasteiger partial charge on any atom is -0.200 e. The Kier molecular flexibility index (Phi) is 3.05. The minimum atomic E-state index is -6.33. The first-order chi connectivity index (χ1) is 5.75. The van der Waals surface area contributed by atoms with E-state index in [1.807, 2.05) is 0 Å². The summed E-state index contributed by atoms with van der Waals surface area (Å²) in [6.07, 6.45) is 0. The Morgan fingerprint density at radius 3 is 1.07 bits per heavy atom. The summed E-state index contributed by atoms with van der Waals surface area (Å²) in [5, 5.41) is -5.75. The molecule has 0 unspecified atom stereocenters. The number of halogens is 9. The molecule has 0 atom stereocenters. The summed E-state index contributed by atoms with van der Waals surface area (Å²) >= 11 is 3.62. The van der Waals surface area contributed by atoms with Gasteiger partial charge in [-0.3, -0.25) is 0 Å². The van der Waals surface area contributed by atoms with Crippen LogP contribution in [0.25, 0.3) is 0 Å². The fraction of sp³-hybridized carbons (Fsp3) is 1.00. The lowest BCUT2D eigenvalue weighted by molar-refractivity contribution is -0.343. The van der Waals surface area contributed by atoms with Crippen molar-refractivity contribution in [2.24, 2.45) is 0 Å². The summed E-state index contributed by atoms with van der Waals surface area (Å²) in [4.78, 5) is 0. The van der Waals surface area contributed by atoms with E-state index in [9.17, 15) is 35.1 Å². The molecule has 0 aliphatic carbocycles. The molecule has 0 saturated carbocycles. The van der Waals surface area contributed by atoms with Gasteiger partial charge in [0.2, 0.25) is 0 Å². The summed E-state index contributed by atoms with van der Waals surface area (Å²) < 4.78 is 95.7. The third-order valence-corrected chi connectivity index (χ3v) is 1.54. The molecule has 0 aromatic carbocycles. The molecule has 14 heavy (non-hydrogen) atoms. The van der Waals surface area contributed by atoms with Gasteiger partial charge in [-0.1, -0.05) is 0 Å². The van der Waals surface area contributed by atoms with Gasteiger partial charge in [-0.15, -0.1) is 0 Å². The van der Waals surface area contributed by atoms with E-state index in [1.54, 1.807) is 0 Å². The van der Waals surface area contributed by atoms with Gasteiger partial charge in [-0.25, -0.2) is 0 Å². The predicted molar refractivity (Wildman–Crippen MR) is 31.3 cm³/mol. The van der Waals surface area contributed by atoms with Gasteiger partial charge < -0.3 is 0 Å². The van der Waals surface area contributed by atoms with E-state index >= 15 is 0 Å². The van der Waals surface area contributed by atoms with Gasteiger partial charge in [0.25, 0.3) is 0 Å². The van der Waals surface area contributed by atoms with Crippen molar-refractivity contribution in [1.29, 1.82) is 0 Å². The second-order valence-corrected chi connectivity index (χ2v) is 3.01. The first-order valence-corrected chi connectivity index (χ1v) is 3.33. The summed E-state index contributed by atoms with van der Waals surface area (Å²) in [5.74, 6) is -17.9. The maximum absolute atomic E-state index is 12.1. The maximum Gasteiger partial charge on any atom is 0.392 e. The van der Waals surface area contributed by atoms with Gasteiger partial charge in [-0.2, -0.15) is 35.1 Å². The van der Waals surface area contributed by atoms with Gasteiger partial charge in [0.15, 0.2) is 0 Å². The lowest BCUT2D eigenvalue weighted by atomic mass is 10.1. The van der Waals surface area contributed by atoms with E-state index in [1.165, 1.54) is 0 Å². The van der Waals surface area contributed by atoms with Crippen molar-refractivity contribution >= 4 is 11.6 Å². The van der Waals surface area contributed by atoms with Gasteiger partial charge in [-0.05, 0) is 11.6 Å². The minimum absolute atomic E-state index is 0.608. The molecule has 0 fully saturated rings. The molecule has 0 bridgehead atoms. The van der Waals surface area contributed by atoms with Crippen molar-refractivity contribution in [3.05, 3.63) is 0 Å². The Bertz CT molecular complexity index is 187. The van der Waals surface area contributed by atoms with Crippen LogP contribution >= 0.6 is 11.6 Å². The van der Waals surface area contributed by atoms with E-state index < -0.39 is 30.1 Å². The van der Waals surface area contributed by atoms with Crippen LogP contribution in [0.15, 0.2) is 0 Å². The Hall–Kier alpha value is -0.270. The molecule has 0 aromatic rings. The van der Waals surface area contributed by atoms with Crippen molar-refractivity contribution in [3.63, 3.8) is 0 Å². The molecular formula is C5H3ClF8. The lowest BCUT2D eigenvalue weighted by Gasteiger charge is -2.32. The van der Waals surface area contributed by atoms with E-state index in [0.29, 0.717) is 0 Å². The van der Waals surface area contributed by atoms with E-state index in [0.717, 1.165) is 0 Å². The molecule has 86 valence electrons. The lowest BCUT2D eigenvalue weighted by Crippen LogP contribution is -2.59. The van der Waals surface area contributed by atoms with Crippen LogP contribution in [0.4, 0.5) is 35.1 Å². The predicted octanol–water partition coefficient (Wildman–Crippen LogP) is 3.74. The molecule has 0 aromatic heterocycles. The zero-order valence-corrected chi connectivity index (χ0v) is 7.16. The third-order valence-electron chi connectivity index (χ3n) is 1.30. The van der Waals surface area contributed by atoms with Crippen molar-refractivity contribution in [3.8, 4) is 0 Å². The van der Waals surface area contributed by atoms with E-state index in [4.69, 9.17) is 0 Å². The SMILES string of the molecule is CC(F)(F)C(F)(F)C(F)(F)C(F)(F)Cl. The molecule has 0 aliphatic rings. The molecule has 0 amide bonds. The van der Waals surface area contributed by atoms with Gasteiger partial charge in [0.05, 0.1) is 0 Å². The highest BCUT2D eigenvalue weighted by Crippen LogP contribution is 2.53. The van der Waals surface area contributed by atoms with Gasteiger partial charge in [0.1, 0.15) is 0 Å². The Morgan fingerprint density at radius 1 is 0.714 bits per heavy atom. The molecule has 0 aliphatic heterocycles. The third kappa shape index (κ3) is 1.89. The van der Waals surface area contributed by atoms with Gasteiger partial charge in [0, 0.05) is 6.92 Å². The first kappa shape index (κ1) is 13.7. The number of rotatable bonds is 3. The molecule has 0 rings (SSSR count). The van der Waals surface area contributed by atoms with Crippen molar-refractivity contribution < 1.29 is 35.1 Å². The standard InChI is InChI=1S/C5H3ClF8/c1-2(7,8)3(9,10)4(11,12)5(6,13)14/h1H3. The number of hydrogen-bond donors (Lipinski definition) is 0. The molecule has 9 heteroatoms. The van der Waals surface area contributed by atoms with Gasteiger partial charge >= 0.3 is 23.1 Å². The van der Waals surface area contributed by atoms with Crippen LogP contribution < -0.4 is 0 Å². The smallest absolute Gasteiger partial charge is 0.200 e. The number of alkyl halides is 9. The Morgan fingerprint density at radius 2 is 1.00 bits per heavy atom. The van der Waals surface area contributed by atoms with Crippen LogP contribution in [0.1, 0.15) is 6.92 Å². The molecule has 0 N–H and O–H groups in total. The fourth-order valence-corrected chi connectivity index (χ4v) is 0.572. The largest absolute Gasteiger partial charge is 0.392 e. The zero-order valence-electron chi connectivity index (χ0n) is 6.40. The van der Waals surface area contributed by atoms with Crippen molar-refractivity contribution in [2.45, 2.75) is 30.1 Å². The Labute approximate surface area is 77.8 Å². The highest BCUT2D eigenvalue weighted by Gasteiger charge is 2.78. The van der Waals surface area contributed by atoms with Crippen molar-refractivity contribution in [1.82, 2.24) is 0 Å². The number of hydrogen-bond acceptors (Lipinski definition) is 0. The van der Waals surface area contributed by atoms with Crippen LogP contribution in [0, 0.1) is 0 Å². The van der Waals surface area contributed by atoms with E-state index in [2.05, 4.69) is 11.6 Å². The average molecular weight is 251 g/mol. The molecule has 0 heterocycles. The van der Waals surface area contributed by atoms with E-state index in [-0.39, 0.29) is 0 Å². The highest BCUT2D eigenvalue weighted by molar-refractivity contribution is 6.22. The fourth-order valence-electron chi connectivity index (χ4n) is 0.454. The summed E-state index contributed by atoms with van der Waals surface area (Å²) in [7, 11) is 0. The normalized spacial score (nSPS) is 15.9. The zero-order chi connectivity index (χ0) is 12.0. The molecule has 0 nitrogen and oxygen atoms in total. The summed E-state index contributed by atoms with van der Waals surface area (Å²) in [5.41, 5.74) is 0. The highest BCUT2D eigenvalue weighted by atomic mass is 35.5. The molecule has 0 saturated heterocycles. The molecule has 0 radical (unpaired) electrons. The monoisotopic (exact) mass is 250 g/mol. The van der Waals surface area contributed by atoms with Crippen LogP contribution in [0.2, 0.25) is 0 Å². The molecular weight excluding hydrogens is 247 g/mol. The average Bonchev–Trinajstić information content (AvgIpc) is 1.81. The second kappa shape index (κ2) is 3.11. The van der Waals surface area contributed by atoms with Crippen LogP contribution in [-0.4, -0.2) is 23.1 Å². The second-order valence-electron chi connectivity index (χ2n) is 2.53. The van der Waals surface area contributed by atoms with Crippen LogP contribution in [0.5, 0.6) is 0 Å². The summed E-state index contributed by atoms with van der Waals surface area (Å²) in [6.45, 7) is -0.608. The quantitative estimate of drug-likeness (QED) is 0.529. The van der Waals surface area contributed by atoms with Crippen molar-refractivity contribution in [2.75, 3.05) is 0 Å². The summed E-state index contributed by atoms with van der Waals surface area (Å²) in [6, 6.07) is 0. The first-order valence-electron chi connectivity index (χ1n) is 2.95.